The molecule has 0 radical (unpaired) electrons. The lowest BCUT2D eigenvalue weighted by Crippen LogP contribution is -2.48. The van der Waals surface area contributed by atoms with Crippen molar-refractivity contribution in [2.75, 3.05) is 18.4 Å². The second-order valence-electron chi connectivity index (χ2n) is 7.78. The third kappa shape index (κ3) is 4.03. The Kier molecular flexibility index (Phi) is 5.72. The Morgan fingerprint density at radius 2 is 1.79 bits per heavy atom. The number of carbonyl (C=O) groups is 1. The van der Waals surface area contributed by atoms with Gasteiger partial charge in [-0.3, -0.25) is 18.7 Å². The van der Waals surface area contributed by atoms with E-state index in [-0.39, 0.29) is 17.6 Å². The average molecular weight is 384 g/mol. The predicted octanol–water partition coefficient (Wildman–Crippen LogP) is 1.92. The zero-order chi connectivity index (χ0) is 20.4. The third-order valence-electron chi connectivity index (χ3n) is 5.40. The quantitative estimate of drug-likeness (QED) is 0.874. The fourth-order valence-corrected chi connectivity index (χ4v) is 3.58. The maximum Gasteiger partial charge on any atom is 0.331 e. The lowest BCUT2D eigenvalue weighted by atomic mass is 10.0. The Hall–Kier alpha value is -2.83. The van der Waals surface area contributed by atoms with Crippen LogP contribution in [0.1, 0.15) is 48.7 Å². The molecule has 0 spiro atoms. The number of benzene rings is 1. The number of aromatic nitrogens is 2. The van der Waals surface area contributed by atoms with Crippen LogP contribution in [0, 0.1) is 0 Å². The SMILES string of the molecule is CC(C)c1ccc(N[C@H]2CCCN(C(=O)c3cc(=O)n(C)c(=O)n3C)C2)cc1. The molecular formula is C21H28N4O3. The second kappa shape index (κ2) is 8.04. The summed E-state index contributed by atoms with van der Waals surface area (Å²) in [4.78, 5) is 38.7. The van der Waals surface area contributed by atoms with E-state index >= 15 is 0 Å². The molecule has 2 aromatic rings. The Bertz CT molecular complexity index is 973. The first-order valence-electron chi connectivity index (χ1n) is 9.70. The van der Waals surface area contributed by atoms with Crippen molar-refractivity contribution in [3.05, 3.63) is 62.4 Å². The molecule has 0 saturated carbocycles. The summed E-state index contributed by atoms with van der Waals surface area (Å²) in [6, 6.07) is 9.75. The van der Waals surface area contributed by atoms with Crippen LogP contribution >= 0.6 is 0 Å². The molecule has 1 aromatic heterocycles. The Labute approximate surface area is 164 Å². The number of hydrogen-bond acceptors (Lipinski definition) is 4. The molecule has 1 fully saturated rings. The maximum absolute atomic E-state index is 12.9. The van der Waals surface area contributed by atoms with E-state index in [2.05, 4.69) is 43.4 Å². The lowest BCUT2D eigenvalue weighted by molar-refractivity contribution is 0.0702. The van der Waals surface area contributed by atoms with Crippen molar-refractivity contribution in [2.45, 2.75) is 38.6 Å². The lowest BCUT2D eigenvalue weighted by Gasteiger charge is -2.34. The molecule has 0 unspecified atom stereocenters. The van der Waals surface area contributed by atoms with Gasteiger partial charge < -0.3 is 10.2 Å². The van der Waals surface area contributed by atoms with Gasteiger partial charge in [-0.15, -0.1) is 0 Å². The molecule has 28 heavy (non-hydrogen) atoms. The summed E-state index contributed by atoms with van der Waals surface area (Å²) < 4.78 is 2.24. The number of nitrogens with one attached hydrogen (secondary N) is 1. The van der Waals surface area contributed by atoms with Crippen molar-refractivity contribution in [2.24, 2.45) is 14.1 Å². The smallest absolute Gasteiger partial charge is 0.331 e. The Morgan fingerprint density at radius 1 is 1.11 bits per heavy atom. The van der Waals surface area contributed by atoms with Crippen LogP contribution < -0.4 is 16.6 Å². The number of carbonyl (C=O) groups excluding carboxylic acids is 1. The third-order valence-corrected chi connectivity index (χ3v) is 5.40. The van der Waals surface area contributed by atoms with Crippen LogP contribution in [-0.2, 0) is 14.1 Å². The zero-order valence-corrected chi connectivity index (χ0v) is 16.9. The van der Waals surface area contributed by atoms with E-state index in [9.17, 15) is 14.4 Å². The van der Waals surface area contributed by atoms with Gasteiger partial charge in [-0.25, -0.2) is 4.79 Å². The van der Waals surface area contributed by atoms with E-state index < -0.39 is 11.2 Å². The monoisotopic (exact) mass is 384 g/mol. The fourth-order valence-electron chi connectivity index (χ4n) is 3.58. The van der Waals surface area contributed by atoms with Crippen molar-refractivity contribution in [3.8, 4) is 0 Å². The van der Waals surface area contributed by atoms with E-state index in [0.29, 0.717) is 19.0 Å². The van der Waals surface area contributed by atoms with Gasteiger partial charge in [0, 0.05) is 45.0 Å². The number of hydrogen-bond donors (Lipinski definition) is 1. The minimum Gasteiger partial charge on any atom is -0.381 e. The average Bonchev–Trinajstić information content (AvgIpc) is 2.69. The Balaban J connectivity index is 1.74. The molecule has 1 saturated heterocycles. The van der Waals surface area contributed by atoms with E-state index in [1.54, 1.807) is 4.90 Å². The van der Waals surface area contributed by atoms with E-state index in [4.69, 9.17) is 0 Å². The molecule has 1 aromatic carbocycles. The van der Waals surface area contributed by atoms with Crippen molar-refractivity contribution in [1.82, 2.24) is 14.0 Å². The van der Waals surface area contributed by atoms with Crippen LogP contribution in [-0.4, -0.2) is 39.1 Å². The van der Waals surface area contributed by atoms with Crippen LogP contribution in [0.4, 0.5) is 5.69 Å². The standard InChI is InChI=1S/C21H28N4O3/c1-14(2)15-7-9-16(10-8-15)22-17-6-5-11-25(13-17)20(27)18-12-19(26)24(4)21(28)23(18)3/h7-10,12,14,17,22H,5-6,11,13H2,1-4H3/t17-/m0/s1. The molecular weight excluding hydrogens is 356 g/mol. The summed E-state index contributed by atoms with van der Waals surface area (Å²) in [7, 11) is 2.93. The summed E-state index contributed by atoms with van der Waals surface area (Å²) in [5.74, 6) is 0.209. The highest BCUT2D eigenvalue weighted by molar-refractivity contribution is 5.92. The van der Waals surface area contributed by atoms with Gasteiger partial charge in [-0.2, -0.15) is 0 Å². The van der Waals surface area contributed by atoms with E-state index in [1.165, 1.54) is 30.3 Å². The second-order valence-corrected chi connectivity index (χ2v) is 7.78. The highest BCUT2D eigenvalue weighted by Crippen LogP contribution is 2.20. The van der Waals surface area contributed by atoms with Crippen molar-refractivity contribution in [3.63, 3.8) is 0 Å². The number of rotatable bonds is 4. The molecule has 1 atom stereocenters. The van der Waals surface area contributed by atoms with Crippen molar-refractivity contribution >= 4 is 11.6 Å². The molecule has 0 bridgehead atoms. The van der Waals surface area contributed by atoms with Crippen LogP contribution in [0.25, 0.3) is 0 Å². The molecule has 7 nitrogen and oxygen atoms in total. The van der Waals surface area contributed by atoms with Gasteiger partial charge in [0.2, 0.25) is 0 Å². The first kappa shape index (κ1) is 19.9. The van der Waals surface area contributed by atoms with Crippen LogP contribution in [0.15, 0.2) is 39.9 Å². The van der Waals surface area contributed by atoms with Gasteiger partial charge in [0.15, 0.2) is 0 Å². The van der Waals surface area contributed by atoms with Gasteiger partial charge >= 0.3 is 5.69 Å². The van der Waals surface area contributed by atoms with Crippen LogP contribution in [0.2, 0.25) is 0 Å². The van der Waals surface area contributed by atoms with E-state index in [0.717, 1.165) is 23.1 Å². The topological polar surface area (TPSA) is 76.3 Å². The number of likely N-dealkylation sites (tertiary alicyclic amines) is 1. The molecule has 1 amide bonds. The summed E-state index contributed by atoms with van der Waals surface area (Å²) in [6.45, 7) is 5.48. The first-order valence-corrected chi connectivity index (χ1v) is 9.70. The normalized spacial score (nSPS) is 17.0. The Morgan fingerprint density at radius 3 is 2.43 bits per heavy atom. The summed E-state index contributed by atoms with van der Waals surface area (Å²) in [5, 5.41) is 3.50. The van der Waals surface area contributed by atoms with E-state index in [1.807, 2.05) is 0 Å². The minimum absolute atomic E-state index is 0.131. The summed E-state index contributed by atoms with van der Waals surface area (Å²) in [5.41, 5.74) is 1.49. The molecule has 0 aliphatic carbocycles. The number of amides is 1. The first-order chi connectivity index (χ1) is 13.3. The number of nitrogens with zero attached hydrogens (tertiary/aromatic N) is 3. The number of piperidine rings is 1. The molecule has 2 heterocycles. The van der Waals surface area contributed by atoms with Crippen molar-refractivity contribution < 1.29 is 4.79 Å². The van der Waals surface area contributed by atoms with Crippen LogP contribution in [0.3, 0.4) is 0 Å². The number of anilines is 1. The van der Waals surface area contributed by atoms with Gasteiger partial charge in [0.05, 0.1) is 0 Å². The fraction of sp³-hybridized carbons (Fsp3) is 0.476. The highest BCUT2D eigenvalue weighted by atomic mass is 16.2. The van der Waals surface area contributed by atoms with Gasteiger partial charge in [-0.1, -0.05) is 26.0 Å². The maximum atomic E-state index is 12.9. The summed E-state index contributed by atoms with van der Waals surface area (Å²) in [6.07, 6.45) is 1.83. The van der Waals surface area contributed by atoms with Gasteiger partial charge in [0.25, 0.3) is 11.5 Å². The van der Waals surface area contributed by atoms with Gasteiger partial charge in [0.1, 0.15) is 5.69 Å². The minimum atomic E-state index is -0.493. The van der Waals surface area contributed by atoms with Gasteiger partial charge in [-0.05, 0) is 36.5 Å². The van der Waals surface area contributed by atoms with Crippen molar-refractivity contribution in [1.29, 1.82) is 0 Å². The molecule has 1 N–H and O–H groups in total. The molecule has 1 aliphatic rings. The predicted molar refractivity (Wildman–Crippen MR) is 110 cm³/mol. The highest BCUT2D eigenvalue weighted by Gasteiger charge is 2.26. The molecule has 7 heteroatoms. The molecule has 3 rings (SSSR count). The van der Waals surface area contributed by atoms with Crippen LogP contribution in [0.5, 0.6) is 0 Å². The largest absolute Gasteiger partial charge is 0.381 e. The summed E-state index contributed by atoms with van der Waals surface area (Å²) >= 11 is 0. The molecule has 150 valence electrons. The molecule has 1 aliphatic heterocycles. The zero-order valence-electron chi connectivity index (χ0n) is 16.9.